The summed E-state index contributed by atoms with van der Waals surface area (Å²) in [7, 11) is 0. The molecule has 1 aromatic rings. The number of nitrogens with zero attached hydrogens (tertiary/aromatic N) is 2. The number of hydrogen-bond donors (Lipinski definition) is 1. The lowest BCUT2D eigenvalue weighted by Crippen LogP contribution is -2.11. The van der Waals surface area contributed by atoms with Gasteiger partial charge in [-0.25, -0.2) is 4.98 Å². The van der Waals surface area contributed by atoms with Crippen LogP contribution in [0.1, 0.15) is 58.0 Å². The van der Waals surface area contributed by atoms with E-state index in [2.05, 4.69) is 32.3 Å². The third-order valence-corrected chi connectivity index (χ3v) is 3.20. The smallest absolute Gasteiger partial charge is 0.126 e. The highest BCUT2D eigenvalue weighted by Gasteiger charge is 2.30. The summed E-state index contributed by atoms with van der Waals surface area (Å²) in [6.45, 7) is 9.91. The topological polar surface area (TPSA) is 43.8 Å². The van der Waals surface area contributed by atoms with Crippen molar-refractivity contribution in [1.29, 1.82) is 0 Å². The van der Waals surface area contributed by atoms with Gasteiger partial charge in [-0.05, 0) is 31.1 Å². The van der Waals surface area contributed by atoms with Crippen molar-refractivity contribution in [2.75, 3.05) is 5.73 Å². The van der Waals surface area contributed by atoms with Gasteiger partial charge in [0.1, 0.15) is 11.6 Å². The first-order valence-corrected chi connectivity index (χ1v) is 6.83. The molecule has 1 fully saturated rings. The Morgan fingerprint density at radius 1 is 1.24 bits per heavy atom. The van der Waals surface area contributed by atoms with Crippen LogP contribution in [0.4, 0.5) is 5.82 Å². The van der Waals surface area contributed by atoms with Gasteiger partial charge in [0.15, 0.2) is 0 Å². The molecule has 0 bridgehead atoms. The monoisotopic (exact) mass is 235 g/mol. The summed E-state index contributed by atoms with van der Waals surface area (Å²) in [5.41, 5.74) is 7.38. The van der Waals surface area contributed by atoms with Crippen molar-refractivity contribution in [1.82, 2.24) is 9.55 Å². The molecule has 1 heterocycles. The Morgan fingerprint density at radius 3 is 2.35 bits per heavy atom. The zero-order valence-electron chi connectivity index (χ0n) is 11.5. The van der Waals surface area contributed by atoms with E-state index in [0.717, 1.165) is 24.5 Å². The van der Waals surface area contributed by atoms with Crippen LogP contribution in [0.25, 0.3) is 0 Å². The molecule has 0 atom stereocenters. The zero-order chi connectivity index (χ0) is 12.6. The summed E-state index contributed by atoms with van der Waals surface area (Å²) in [6, 6.07) is 0. The first-order chi connectivity index (χ1) is 7.99. The Hall–Kier alpha value is -0.990. The summed E-state index contributed by atoms with van der Waals surface area (Å²) in [6.07, 6.45) is 3.57. The molecule has 1 aliphatic carbocycles. The maximum absolute atomic E-state index is 6.27. The van der Waals surface area contributed by atoms with Gasteiger partial charge in [-0.2, -0.15) is 0 Å². The Bertz CT molecular complexity index is 386. The van der Waals surface area contributed by atoms with Crippen molar-refractivity contribution in [2.24, 2.45) is 11.8 Å². The number of nitrogens with two attached hydrogens (primary N) is 1. The van der Waals surface area contributed by atoms with Gasteiger partial charge >= 0.3 is 0 Å². The molecule has 0 unspecified atom stereocenters. The van der Waals surface area contributed by atoms with Crippen molar-refractivity contribution in [3.05, 3.63) is 11.5 Å². The van der Waals surface area contributed by atoms with Crippen molar-refractivity contribution in [2.45, 2.75) is 59.4 Å². The number of rotatable bonds is 5. The van der Waals surface area contributed by atoms with Gasteiger partial charge in [-0.15, -0.1) is 0 Å². The summed E-state index contributed by atoms with van der Waals surface area (Å²) in [5.74, 6) is 4.07. The molecule has 2 rings (SSSR count). The van der Waals surface area contributed by atoms with E-state index in [9.17, 15) is 0 Å². The van der Waals surface area contributed by atoms with E-state index < -0.39 is 0 Å². The quantitative estimate of drug-likeness (QED) is 0.851. The maximum Gasteiger partial charge on any atom is 0.126 e. The van der Waals surface area contributed by atoms with Gasteiger partial charge < -0.3 is 10.3 Å². The minimum absolute atomic E-state index is 0.617. The fraction of sp³-hybridized carbons (Fsp3) is 0.786. The van der Waals surface area contributed by atoms with E-state index in [1.54, 1.807) is 0 Å². The lowest BCUT2D eigenvalue weighted by Gasteiger charge is -2.12. The number of anilines is 1. The standard InChI is InChI=1S/C14H25N3/c1-9(2)7-12-13(15)17(8-10(3)4)14(16-12)11-5-6-11/h9-11H,5-8,15H2,1-4H3. The Kier molecular flexibility index (Phi) is 3.45. The largest absolute Gasteiger partial charge is 0.384 e. The minimum Gasteiger partial charge on any atom is -0.384 e. The van der Waals surface area contributed by atoms with E-state index in [-0.39, 0.29) is 0 Å². The molecular weight excluding hydrogens is 210 g/mol. The fourth-order valence-corrected chi connectivity index (χ4v) is 2.28. The molecule has 3 nitrogen and oxygen atoms in total. The molecule has 0 aliphatic heterocycles. The van der Waals surface area contributed by atoms with E-state index in [4.69, 9.17) is 10.7 Å². The van der Waals surface area contributed by atoms with Gasteiger partial charge in [0.2, 0.25) is 0 Å². The Labute approximate surface area is 104 Å². The average Bonchev–Trinajstić information content (AvgIpc) is 2.99. The molecule has 1 aromatic heterocycles. The molecule has 17 heavy (non-hydrogen) atoms. The van der Waals surface area contributed by atoms with Crippen LogP contribution in [0.3, 0.4) is 0 Å². The van der Waals surface area contributed by atoms with Crippen LogP contribution >= 0.6 is 0 Å². The van der Waals surface area contributed by atoms with Gasteiger partial charge in [-0.1, -0.05) is 27.7 Å². The van der Waals surface area contributed by atoms with Crippen molar-refractivity contribution in [3.63, 3.8) is 0 Å². The van der Waals surface area contributed by atoms with Crippen molar-refractivity contribution in [3.8, 4) is 0 Å². The minimum atomic E-state index is 0.617. The van der Waals surface area contributed by atoms with Crippen LogP contribution in [0.2, 0.25) is 0 Å². The summed E-state index contributed by atoms with van der Waals surface area (Å²) >= 11 is 0. The molecule has 3 heteroatoms. The van der Waals surface area contributed by atoms with E-state index in [1.807, 2.05) is 0 Å². The predicted molar refractivity (Wildman–Crippen MR) is 72.0 cm³/mol. The zero-order valence-corrected chi connectivity index (χ0v) is 11.5. The second kappa shape index (κ2) is 4.71. The number of aromatic nitrogens is 2. The second-order valence-electron chi connectivity index (χ2n) is 6.18. The first kappa shape index (κ1) is 12.5. The summed E-state index contributed by atoms with van der Waals surface area (Å²) in [5, 5.41) is 0. The molecule has 0 spiro atoms. The molecule has 1 aliphatic rings. The SMILES string of the molecule is CC(C)Cc1nc(C2CC2)n(CC(C)C)c1N. The first-order valence-electron chi connectivity index (χ1n) is 6.83. The average molecular weight is 235 g/mol. The van der Waals surface area contributed by atoms with Crippen LogP contribution in [0, 0.1) is 11.8 Å². The van der Waals surface area contributed by atoms with Crippen LogP contribution in [-0.2, 0) is 13.0 Å². The van der Waals surface area contributed by atoms with Crippen LogP contribution < -0.4 is 5.73 Å². The third kappa shape index (κ3) is 2.82. The highest BCUT2D eigenvalue weighted by Crippen LogP contribution is 2.41. The number of nitrogen functional groups attached to an aromatic ring is 1. The molecule has 0 saturated heterocycles. The summed E-state index contributed by atoms with van der Waals surface area (Å²) in [4.78, 5) is 4.80. The number of hydrogen-bond acceptors (Lipinski definition) is 2. The Morgan fingerprint density at radius 2 is 1.88 bits per heavy atom. The Balaban J connectivity index is 2.29. The molecule has 2 N–H and O–H groups in total. The van der Waals surface area contributed by atoms with Gasteiger partial charge in [0.25, 0.3) is 0 Å². The fourth-order valence-electron chi connectivity index (χ4n) is 2.28. The third-order valence-electron chi connectivity index (χ3n) is 3.20. The van der Waals surface area contributed by atoms with E-state index in [1.165, 1.54) is 18.7 Å². The van der Waals surface area contributed by atoms with Gasteiger partial charge in [-0.3, -0.25) is 0 Å². The lowest BCUT2D eigenvalue weighted by molar-refractivity contribution is 0.511. The highest BCUT2D eigenvalue weighted by atomic mass is 15.2. The van der Waals surface area contributed by atoms with Gasteiger partial charge in [0.05, 0.1) is 5.69 Å². The van der Waals surface area contributed by atoms with Crippen molar-refractivity contribution >= 4 is 5.82 Å². The second-order valence-corrected chi connectivity index (χ2v) is 6.18. The van der Waals surface area contributed by atoms with E-state index >= 15 is 0 Å². The highest BCUT2D eigenvalue weighted by molar-refractivity contribution is 5.40. The molecule has 96 valence electrons. The van der Waals surface area contributed by atoms with Gasteiger partial charge in [0, 0.05) is 12.5 Å². The molecule has 0 radical (unpaired) electrons. The van der Waals surface area contributed by atoms with Crippen LogP contribution in [-0.4, -0.2) is 9.55 Å². The van der Waals surface area contributed by atoms with Crippen molar-refractivity contribution < 1.29 is 0 Å². The normalized spacial score (nSPS) is 16.1. The molecule has 1 saturated carbocycles. The molecule has 0 aromatic carbocycles. The number of imidazole rings is 1. The predicted octanol–water partition coefficient (Wildman–Crippen LogP) is 3.20. The van der Waals surface area contributed by atoms with Crippen LogP contribution in [0.5, 0.6) is 0 Å². The van der Waals surface area contributed by atoms with E-state index in [0.29, 0.717) is 17.8 Å². The van der Waals surface area contributed by atoms with Crippen LogP contribution in [0.15, 0.2) is 0 Å². The summed E-state index contributed by atoms with van der Waals surface area (Å²) < 4.78 is 2.26. The maximum atomic E-state index is 6.27. The molecule has 0 amide bonds. The molecular formula is C14H25N3. The lowest BCUT2D eigenvalue weighted by atomic mass is 10.1.